The van der Waals surface area contributed by atoms with Crippen molar-refractivity contribution < 1.29 is 23.4 Å². The molecule has 33 heavy (non-hydrogen) atoms. The first kappa shape index (κ1) is 22.9. The SMILES string of the molecule is COc1cc(C=C2N=C(c3ccccc3F)OC2=O)cc(Cl)c1OCCSc1ccccc1. The van der Waals surface area contributed by atoms with Crippen molar-refractivity contribution >= 4 is 41.3 Å². The number of aliphatic imine (C=N–C) groups is 1. The normalized spacial score (nSPS) is 14.2. The standard InChI is InChI=1S/C25H19ClFNO4S/c1-30-22-15-16(13-19(26)23(22)31-11-12-33-17-7-3-2-4-8-17)14-21-25(29)32-24(28-21)18-9-5-6-10-20(18)27/h2-10,13-15H,11-12H2,1H3. The molecule has 0 N–H and O–H groups in total. The van der Waals surface area contributed by atoms with E-state index in [0.29, 0.717) is 28.7 Å². The molecule has 168 valence electrons. The van der Waals surface area contributed by atoms with Crippen LogP contribution >= 0.6 is 23.4 Å². The van der Waals surface area contributed by atoms with E-state index in [9.17, 15) is 9.18 Å². The van der Waals surface area contributed by atoms with Crippen molar-refractivity contribution in [3.05, 3.63) is 94.4 Å². The van der Waals surface area contributed by atoms with Gasteiger partial charge in [-0.2, -0.15) is 0 Å². The lowest BCUT2D eigenvalue weighted by Gasteiger charge is -2.13. The summed E-state index contributed by atoms with van der Waals surface area (Å²) in [5.41, 5.74) is 0.703. The number of thioether (sulfide) groups is 1. The Morgan fingerprint density at radius 3 is 2.64 bits per heavy atom. The molecule has 0 saturated carbocycles. The molecular formula is C25H19ClFNO4S. The molecule has 0 bridgehead atoms. The Morgan fingerprint density at radius 1 is 1.12 bits per heavy atom. The molecular weight excluding hydrogens is 465 g/mol. The molecule has 8 heteroatoms. The highest BCUT2D eigenvalue weighted by Crippen LogP contribution is 2.37. The third-order valence-corrected chi connectivity index (χ3v) is 5.88. The Labute approximate surface area is 199 Å². The summed E-state index contributed by atoms with van der Waals surface area (Å²) < 4.78 is 30.4. The van der Waals surface area contributed by atoms with Gasteiger partial charge in [0.05, 0.1) is 24.3 Å². The molecule has 5 nitrogen and oxygen atoms in total. The number of nitrogens with zero attached hydrogens (tertiary/aromatic N) is 1. The number of ether oxygens (including phenoxy) is 3. The maximum absolute atomic E-state index is 14.0. The summed E-state index contributed by atoms with van der Waals surface area (Å²) in [5.74, 6) is 0.277. The van der Waals surface area contributed by atoms with E-state index in [2.05, 4.69) is 4.99 Å². The Morgan fingerprint density at radius 2 is 1.88 bits per heavy atom. The van der Waals surface area contributed by atoms with Gasteiger partial charge in [-0.1, -0.05) is 41.9 Å². The van der Waals surface area contributed by atoms with Gasteiger partial charge in [0.25, 0.3) is 0 Å². The van der Waals surface area contributed by atoms with E-state index in [1.807, 2.05) is 30.3 Å². The van der Waals surface area contributed by atoms with Crippen LogP contribution in [0.1, 0.15) is 11.1 Å². The van der Waals surface area contributed by atoms with E-state index in [4.69, 9.17) is 25.8 Å². The van der Waals surface area contributed by atoms with E-state index < -0.39 is 11.8 Å². The summed E-state index contributed by atoms with van der Waals surface area (Å²) in [6, 6.07) is 19.3. The maximum atomic E-state index is 14.0. The molecule has 0 unspecified atom stereocenters. The minimum atomic E-state index is -0.679. The van der Waals surface area contributed by atoms with E-state index in [-0.39, 0.29) is 17.2 Å². The Hall–Kier alpha value is -3.29. The lowest BCUT2D eigenvalue weighted by Crippen LogP contribution is -2.07. The summed E-state index contributed by atoms with van der Waals surface area (Å²) in [4.78, 5) is 17.5. The monoisotopic (exact) mass is 483 g/mol. The second-order valence-corrected chi connectivity index (χ2v) is 8.44. The summed E-state index contributed by atoms with van der Waals surface area (Å²) in [5, 5.41) is 0.329. The van der Waals surface area contributed by atoms with Crippen molar-refractivity contribution in [1.82, 2.24) is 0 Å². The topological polar surface area (TPSA) is 57.1 Å². The fourth-order valence-corrected chi connectivity index (χ4v) is 4.13. The van der Waals surface area contributed by atoms with Gasteiger partial charge in [-0.25, -0.2) is 14.2 Å². The first-order chi connectivity index (χ1) is 16.0. The van der Waals surface area contributed by atoms with Crippen molar-refractivity contribution in [3.8, 4) is 11.5 Å². The minimum Gasteiger partial charge on any atom is -0.493 e. The predicted octanol–water partition coefficient (Wildman–Crippen LogP) is 6.00. The number of benzene rings is 3. The van der Waals surface area contributed by atoms with Crippen molar-refractivity contribution in [1.29, 1.82) is 0 Å². The first-order valence-corrected chi connectivity index (χ1v) is 11.4. The maximum Gasteiger partial charge on any atom is 0.363 e. The van der Waals surface area contributed by atoms with Crippen LogP contribution in [0.2, 0.25) is 5.02 Å². The van der Waals surface area contributed by atoms with Crippen LogP contribution in [0.4, 0.5) is 4.39 Å². The number of hydrogen-bond donors (Lipinski definition) is 0. The summed E-state index contributed by atoms with van der Waals surface area (Å²) >= 11 is 8.11. The van der Waals surface area contributed by atoms with Crippen LogP contribution in [-0.4, -0.2) is 31.3 Å². The number of methoxy groups -OCH3 is 1. The van der Waals surface area contributed by atoms with E-state index >= 15 is 0 Å². The number of carbonyl (C=O) groups is 1. The van der Waals surface area contributed by atoms with Crippen molar-refractivity contribution in [3.63, 3.8) is 0 Å². The minimum absolute atomic E-state index is 0.0271. The molecule has 0 saturated heterocycles. The van der Waals surface area contributed by atoms with Crippen LogP contribution < -0.4 is 9.47 Å². The zero-order valence-electron chi connectivity index (χ0n) is 17.6. The average Bonchev–Trinajstić information content (AvgIpc) is 3.18. The molecule has 0 atom stereocenters. The molecule has 0 spiro atoms. The Bertz CT molecular complexity index is 1230. The highest BCUT2D eigenvalue weighted by Gasteiger charge is 2.26. The van der Waals surface area contributed by atoms with Crippen LogP contribution in [0.3, 0.4) is 0 Å². The van der Waals surface area contributed by atoms with E-state index in [1.165, 1.54) is 25.3 Å². The van der Waals surface area contributed by atoms with Gasteiger partial charge in [-0.15, -0.1) is 11.8 Å². The molecule has 3 aromatic carbocycles. The first-order valence-electron chi connectivity index (χ1n) is 10.0. The van der Waals surface area contributed by atoms with Crippen molar-refractivity contribution in [2.24, 2.45) is 4.99 Å². The van der Waals surface area contributed by atoms with Crippen LogP contribution in [0, 0.1) is 5.82 Å². The van der Waals surface area contributed by atoms with Gasteiger partial charge in [0.2, 0.25) is 5.90 Å². The lowest BCUT2D eigenvalue weighted by molar-refractivity contribution is -0.129. The molecule has 0 aromatic heterocycles. The third-order valence-electron chi connectivity index (χ3n) is 4.62. The van der Waals surface area contributed by atoms with Crippen molar-refractivity contribution in [2.45, 2.75) is 4.90 Å². The number of carbonyl (C=O) groups excluding carboxylic acids is 1. The number of cyclic esters (lactones) is 1. The average molecular weight is 484 g/mol. The fourth-order valence-electron chi connectivity index (χ4n) is 3.10. The van der Waals surface area contributed by atoms with Gasteiger partial charge >= 0.3 is 5.97 Å². The van der Waals surface area contributed by atoms with Gasteiger partial charge < -0.3 is 14.2 Å². The summed E-state index contributed by atoms with van der Waals surface area (Å²) in [7, 11) is 1.51. The molecule has 4 rings (SSSR count). The molecule has 3 aromatic rings. The van der Waals surface area contributed by atoms with Crippen LogP contribution in [0.25, 0.3) is 6.08 Å². The highest BCUT2D eigenvalue weighted by atomic mass is 35.5. The van der Waals surface area contributed by atoms with Gasteiger partial charge in [0.1, 0.15) is 5.82 Å². The fraction of sp³-hybridized carbons (Fsp3) is 0.120. The van der Waals surface area contributed by atoms with E-state index in [0.717, 1.165) is 10.6 Å². The van der Waals surface area contributed by atoms with Gasteiger partial charge in [-0.05, 0) is 48.0 Å². The second-order valence-electron chi connectivity index (χ2n) is 6.86. The van der Waals surface area contributed by atoms with Crippen LogP contribution in [0.15, 0.2) is 82.3 Å². The molecule has 0 fully saturated rings. The quantitative estimate of drug-likeness (QED) is 0.170. The number of halogens is 2. The zero-order valence-corrected chi connectivity index (χ0v) is 19.2. The zero-order chi connectivity index (χ0) is 23.2. The molecule has 1 aliphatic heterocycles. The molecule has 0 radical (unpaired) electrons. The summed E-state index contributed by atoms with van der Waals surface area (Å²) in [6.07, 6.45) is 1.50. The molecule has 0 amide bonds. The van der Waals surface area contributed by atoms with Crippen LogP contribution in [0.5, 0.6) is 11.5 Å². The van der Waals surface area contributed by atoms with Crippen molar-refractivity contribution in [2.75, 3.05) is 19.5 Å². The number of hydrogen-bond acceptors (Lipinski definition) is 6. The third kappa shape index (κ3) is 5.56. The highest BCUT2D eigenvalue weighted by molar-refractivity contribution is 7.99. The van der Waals surface area contributed by atoms with Crippen LogP contribution in [-0.2, 0) is 9.53 Å². The molecule has 1 aliphatic rings. The van der Waals surface area contributed by atoms with Gasteiger partial charge in [0, 0.05) is 10.6 Å². The van der Waals surface area contributed by atoms with Gasteiger partial charge in [-0.3, -0.25) is 0 Å². The van der Waals surface area contributed by atoms with E-state index in [1.54, 1.807) is 36.0 Å². The number of esters is 1. The molecule has 0 aliphatic carbocycles. The Kier molecular flexibility index (Phi) is 7.32. The molecule has 1 heterocycles. The Balaban J connectivity index is 1.49. The number of rotatable bonds is 8. The smallest absolute Gasteiger partial charge is 0.363 e. The summed E-state index contributed by atoms with van der Waals surface area (Å²) in [6.45, 7) is 0.429. The lowest BCUT2D eigenvalue weighted by atomic mass is 10.1. The second kappa shape index (κ2) is 10.6. The predicted molar refractivity (Wildman–Crippen MR) is 128 cm³/mol. The van der Waals surface area contributed by atoms with Gasteiger partial charge in [0.15, 0.2) is 17.2 Å². The largest absolute Gasteiger partial charge is 0.493 e.